The Morgan fingerprint density at radius 1 is 0.621 bits per heavy atom. The van der Waals surface area contributed by atoms with Crippen LogP contribution in [0.15, 0.2) is 54.6 Å². The molecule has 3 aliphatic rings. The van der Waals surface area contributed by atoms with E-state index in [1.165, 1.54) is 24.8 Å². The molecule has 0 bridgehead atoms. The molecule has 2 saturated carbocycles. The lowest BCUT2D eigenvalue weighted by Crippen LogP contribution is -2.56. The van der Waals surface area contributed by atoms with Gasteiger partial charge in [-0.1, -0.05) is 48.9 Å². The summed E-state index contributed by atoms with van der Waals surface area (Å²) in [6.07, 6.45) is 7.89. The number of hydrogen-bond donors (Lipinski definition) is 0. The molecular formula is C45H71N3O10. The van der Waals surface area contributed by atoms with Gasteiger partial charge in [0.05, 0.1) is 105 Å². The van der Waals surface area contributed by atoms with Crippen LogP contribution >= 0.6 is 0 Å². The number of methoxy groups -OCH3 is 1. The molecule has 2 aromatic rings. The van der Waals surface area contributed by atoms with Crippen molar-refractivity contribution in [3.05, 3.63) is 65.7 Å². The van der Waals surface area contributed by atoms with Crippen LogP contribution in [0.2, 0.25) is 0 Å². The fraction of sp³-hybridized carbons (Fsp3) is 0.711. The number of carbonyl (C=O) groups is 1. The molecule has 1 aliphatic heterocycles. The number of nitrogens with zero attached hydrogens (tertiary/aromatic N) is 3. The number of urea groups is 1. The van der Waals surface area contributed by atoms with Crippen molar-refractivity contribution in [3.63, 3.8) is 0 Å². The van der Waals surface area contributed by atoms with Crippen LogP contribution in [0.5, 0.6) is 5.75 Å². The molecule has 2 aliphatic carbocycles. The molecule has 0 unspecified atom stereocenters. The minimum absolute atomic E-state index is 0.00209. The quantitative estimate of drug-likeness (QED) is 0.0884. The third-order valence-corrected chi connectivity index (χ3v) is 11.9. The van der Waals surface area contributed by atoms with E-state index in [1.807, 2.05) is 12.1 Å². The summed E-state index contributed by atoms with van der Waals surface area (Å²) in [5.41, 5.74) is 2.40. The zero-order valence-electron chi connectivity index (χ0n) is 35.6. The second-order valence-electron chi connectivity index (χ2n) is 15.8. The summed E-state index contributed by atoms with van der Waals surface area (Å²) in [6, 6.07) is 19.3. The van der Waals surface area contributed by atoms with E-state index in [9.17, 15) is 4.79 Å². The lowest BCUT2D eigenvalue weighted by atomic mass is 9.68. The first-order valence-corrected chi connectivity index (χ1v) is 21.5. The summed E-state index contributed by atoms with van der Waals surface area (Å²) in [5, 5.41) is 0. The minimum Gasteiger partial charge on any atom is -0.491 e. The predicted molar refractivity (Wildman–Crippen MR) is 222 cm³/mol. The Balaban J connectivity index is 0.886. The molecule has 1 saturated heterocycles. The Kier molecular flexibility index (Phi) is 20.5. The lowest BCUT2D eigenvalue weighted by molar-refractivity contribution is -0.0227. The molecule has 5 rings (SSSR count). The second kappa shape index (κ2) is 25.7. The van der Waals surface area contributed by atoms with Crippen molar-refractivity contribution in [3.8, 4) is 5.75 Å². The topological polar surface area (TPSA) is 110 Å². The van der Waals surface area contributed by atoms with Gasteiger partial charge in [-0.25, -0.2) is 4.79 Å². The average Bonchev–Trinajstić information content (AvgIpc) is 3.47. The largest absolute Gasteiger partial charge is 0.491 e. The Hall–Kier alpha value is -2.85. The molecule has 0 radical (unpaired) electrons. The molecule has 0 N–H and O–H groups in total. The molecule has 2 aromatic carbocycles. The van der Waals surface area contributed by atoms with Gasteiger partial charge in [-0.05, 0) is 81.8 Å². The van der Waals surface area contributed by atoms with Crippen LogP contribution in [0.3, 0.4) is 0 Å². The van der Waals surface area contributed by atoms with Crippen LogP contribution in [-0.2, 0) is 50.0 Å². The van der Waals surface area contributed by atoms with Crippen LogP contribution in [0, 0.1) is 5.92 Å². The average molecular weight is 814 g/mol. The first-order valence-electron chi connectivity index (χ1n) is 21.5. The van der Waals surface area contributed by atoms with E-state index in [0.717, 1.165) is 50.1 Å². The number of carbonyl (C=O) groups excluding carboxylic acids is 1. The molecule has 13 nitrogen and oxygen atoms in total. The zero-order valence-corrected chi connectivity index (χ0v) is 35.6. The van der Waals surface area contributed by atoms with E-state index in [0.29, 0.717) is 118 Å². The van der Waals surface area contributed by atoms with Gasteiger partial charge in [0, 0.05) is 32.3 Å². The minimum atomic E-state index is -0.104. The molecule has 13 heteroatoms. The smallest absolute Gasteiger partial charge is 0.320 e. The molecular weight excluding hydrogens is 743 g/mol. The van der Waals surface area contributed by atoms with Gasteiger partial charge in [0.2, 0.25) is 0 Å². The summed E-state index contributed by atoms with van der Waals surface area (Å²) in [4.78, 5) is 20.9. The summed E-state index contributed by atoms with van der Waals surface area (Å²) in [5.74, 6) is 1.43. The number of hydrogen-bond acceptors (Lipinski definition) is 11. The van der Waals surface area contributed by atoms with Crippen LogP contribution in [0.1, 0.15) is 56.1 Å². The van der Waals surface area contributed by atoms with Gasteiger partial charge in [0.15, 0.2) is 0 Å². The maximum Gasteiger partial charge on any atom is 0.320 e. The van der Waals surface area contributed by atoms with Crippen molar-refractivity contribution < 1.29 is 47.4 Å². The van der Waals surface area contributed by atoms with Gasteiger partial charge >= 0.3 is 6.03 Å². The highest BCUT2D eigenvalue weighted by Crippen LogP contribution is 2.49. The molecule has 1 spiro atoms. The molecule has 3 fully saturated rings. The summed E-state index contributed by atoms with van der Waals surface area (Å²) in [6.45, 7) is 10.6. The molecule has 2 amide bonds. The van der Waals surface area contributed by atoms with Gasteiger partial charge in [0.1, 0.15) is 12.4 Å². The highest BCUT2D eigenvalue weighted by atomic mass is 16.6. The van der Waals surface area contributed by atoms with Gasteiger partial charge in [-0.2, -0.15) is 0 Å². The molecule has 58 heavy (non-hydrogen) atoms. The summed E-state index contributed by atoms with van der Waals surface area (Å²) >= 11 is 0. The number of benzene rings is 2. The zero-order chi connectivity index (χ0) is 40.7. The first kappa shape index (κ1) is 46.2. The van der Waals surface area contributed by atoms with Crippen molar-refractivity contribution in [1.82, 2.24) is 14.7 Å². The van der Waals surface area contributed by atoms with E-state index < -0.39 is 0 Å². The van der Waals surface area contributed by atoms with Gasteiger partial charge in [-0.15, -0.1) is 0 Å². The van der Waals surface area contributed by atoms with Crippen LogP contribution in [-0.4, -0.2) is 166 Å². The van der Waals surface area contributed by atoms with Crippen LogP contribution in [0.25, 0.3) is 0 Å². The third kappa shape index (κ3) is 14.4. The van der Waals surface area contributed by atoms with Crippen LogP contribution in [0.4, 0.5) is 4.79 Å². The van der Waals surface area contributed by atoms with Gasteiger partial charge in [0.25, 0.3) is 0 Å². The normalized spacial score (nSPS) is 21.1. The fourth-order valence-electron chi connectivity index (χ4n) is 8.20. The van der Waals surface area contributed by atoms with E-state index in [1.54, 1.807) is 7.11 Å². The maximum absolute atomic E-state index is 14.1. The number of amides is 2. The standard InChI is InChI=1S/C45H71N3O10/c1-46(2)45(41-10-5-4-6-11-41)18-16-44(17-19-45)38-47(43(49)48(44)37-39-8-7-9-39)36-40-12-14-42(15-13-40)58-35-34-57-33-32-56-31-30-55-29-28-54-27-26-53-25-24-52-23-22-51-21-20-50-3/h4-6,10-15,39H,7-9,16-38H2,1-3H3/t44-,45-. The van der Waals surface area contributed by atoms with E-state index >= 15 is 0 Å². The lowest BCUT2D eigenvalue weighted by Gasteiger charge is -2.51. The highest BCUT2D eigenvalue weighted by Gasteiger charge is 2.54. The first-order chi connectivity index (χ1) is 28.5. The molecule has 0 aromatic heterocycles. The number of rotatable bonds is 31. The van der Waals surface area contributed by atoms with E-state index in [4.69, 9.17) is 42.6 Å². The van der Waals surface area contributed by atoms with Crippen molar-refractivity contribution >= 4 is 6.03 Å². The predicted octanol–water partition coefficient (Wildman–Crippen LogP) is 5.64. The van der Waals surface area contributed by atoms with E-state index in [2.05, 4.69) is 71.3 Å². The Morgan fingerprint density at radius 3 is 1.55 bits per heavy atom. The van der Waals surface area contributed by atoms with E-state index in [-0.39, 0.29) is 17.1 Å². The van der Waals surface area contributed by atoms with Gasteiger partial charge in [-0.3, -0.25) is 4.90 Å². The van der Waals surface area contributed by atoms with Crippen LogP contribution < -0.4 is 4.74 Å². The molecule has 1 heterocycles. The Labute approximate surface area is 347 Å². The maximum atomic E-state index is 14.1. The fourth-order valence-corrected chi connectivity index (χ4v) is 8.20. The summed E-state index contributed by atoms with van der Waals surface area (Å²) in [7, 11) is 6.07. The Morgan fingerprint density at radius 2 is 1.10 bits per heavy atom. The molecule has 326 valence electrons. The van der Waals surface area contributed by atoms with Gasteiger partial charge < -0.3 is 52.4 Å². The Bertz CT molecular complexity index is 1390. The van der Waals surface area contributed by atoms with Crippen molar-refractivity contribution in [2.24, 2.45) is 5.92 Å². The summed E-state index contributed by atoms with van der Waals surface area (Å²) < 4.78 is 49.4. The highest BCUT2D eigenvalue weighted by molar-refractivity contribution is 5.78. The third-order valence-electron chi connectivity index (χ3n) is 11.9. The number of ether oxygens (including phenoxy) is 9. The van der Waals surface area contributed by atoms with Crippen molar-refractivity contribution in [1.29, 1.82) is 0 Å². The molecule has 0 atom stereocenters. The monoisotopic (exact) mass is 814 g/mol. The SMILES string of the molecule is COCCOCCOCCOCCOCCOCCOCCOCCOc1ccc(CN2C[C@]3(CC[C@@](c4ccccc4)(N(C)C)CC3)N(CC3CCC3)C2=O)cc1. The van der Waals surface area contributed by atoms with Crippen molar-refractivity contribution in [2.45, 2.75) is 62.6 Å². The second-order valence-corrected chi connectivity index (χ2v) is 15.8. The van der Waals surface area contributed by atoms with Crippen molar-refractivity contribution in [2.75, 3.05) is 140 Å².